The molecule has 1 atom stereocenters. The fourth-order valence-corrected chi connectivity index (χ4v) is 2.36. The van der Waals surface area contributed by atoms with Crippen LogP contribution in [-0.2, 0) is 0 Å². The number of hydrogen-bond acceptors (Lipinski definition) is 1. The van der Waals surface area contributed by atoms with Crippen LogP contribution in [0.1, 0.15) is 39.0 Å². The molecular formula is C9H17N. The van der Waals surface area contributed by atoms with Crippen LogP contribution in [-0.4, -0.2) is 6.04 Å². The standard InChI is InChI=1S/C9H17N/c1-7(10)9(5-6-9)8-3-2-4-8/h7-8H,2-6,10H2,1H3. The monoisotopic (exact) mass is 139 g/mol. The third-order valence-electron chi connectivity index (χ3n) is 3.65. The first-order valence-electron chi connectivity index (χ1n) is 4.51. The Bertz CT molecular complexity index is 132. The molecule has 0 bridgehead atoms. The predicted octanol–water partition coefficient (Wildman–Crippen LogP) is 1.91. The van der Waals surface area contributed by atoms with E-state index in [0.717, 1.165) is 5.92 Å². The molecule has 1 heteroatoms. The van der Waals surface area contributed by atoms with Gasteiger partial charge in [0.15, 0.2) is 0 Å². The average molecular weight is 139 g/mol. The van der Waals surface area contributed by atoms with Gasteiger partial charge < -0.3 is 5.73 Å². The summed E-state index contributed by atoms with van der Waals surface area (Å²) >= 11 is 0. The molecular weight excluding hydrogens is 122 g/mol. The van der Waals surface area contributed by atoms with Crippen LogP contribution < -0.4 is 5.73 Å². The second kappa shape index (κ2) is 1.97. The van der Waals surface area contributed by atoms with Crippen LogP contribution in [0.3, 0.4) is 0 Å². The molecule has 2 aliphatic carbocycles. The van der Waals surface area contributed by atoms with E-state index < -0.39 is 0 Å². The van der Waals surface area contributed by atoms with Crippen LogP contribution >= 0.6 is 0 Å². The van der Waals surface area contributed by atoms with E-state index in [1.54, 1.807) is 0 Å². The fourth-order valence-electron chi connectivity index (χ4n) is 2.36. The van der Waals surface area contributed by atoms with Crippen molar-refractivity contribution in [2.45, 2.75) is 45.1 Å². The molecule has 2 N–H and O–H groups in total. The van der Waals surface area contributed by atoms with Crippen molar-refractivity contribution in [3.63, 3.8) is 0 Å². The minimum absolute atomic E-state index is 0.456. The molecule has 2 aliphatic rings. The third-order valence-corrected chi connectivity index (χ3v) is 3.65. The summed E-state index contributed by atoms with van der Waals surface area (Å²) in [6, 6.07) is 0.456. The Morgan fingerprint density at radius 2 is 2.00 bits per heavy atom. The Kier molecular flexibility index (Phi) is 1.31. The Morgan fingerprint density at radius 1 is 1.40 bits per heavy atom. The van der Waals surface area contributed by atoms with E-state index in [-0.39, 0.29) is 0 Å². The summed E-state index contributed by atoms with van der Waals surface area (Å²) < 4.78 is 0. The summed E-state index contributed by atoms with van der Waals surface area (Å²) in [6.07, 6.45) is 7.20. The molecule has 0 aromatic carbocycles. The van der Waals surface area contributed by atoms with Gasteiger partial charge in [0.05, 0.1) is 0 Å². The Morgan fingerprint density at radius 3 is 2.10 bits per heavy atom. The normalized spacial score (nSPS) is 33.0. The van der Waals surface area contributed by atoms with Crippen molar-refractivity contribution in [2.75, 3.05) is 0 Å². The van der Waals surface area contributed by atoms with Crippen LogP contribution in [0.25, 0.3) is 0 Å². The summed E-state index contributed by atoms with van der Waals surface area (Å²) in [5.41, 5.74) is 6.57. The number of nitrogens with two attached hydrogens (primary N) is 1. The largest absolute Gasteiger partial charge is 0.327 e. The van der Waals surface area contributed by atoms with Crippen molar-refractivity contribution < 1.29 is 0 Å². The molecule has 10 heavy (non-hydrogen) atoms. The minimum Gasteiger partial charge on any atom is -0.327 e. The highest BCUT2D eigenvalue weighted by Crippen LogP contribution is 2.60. The van der Waals surface area contributed by atoms with Crippen LogP contribution in [0.4, 0.5) is 0 Å². The molecule has 0 amide bonds. The molecule has 1 nitrogen and oxygen atoms in total. The lowest BCUT2D eigenvalue weighted by molar-refractivity contribution is 0.161. The van der Waals surface area contributed by atoms with Crippen molar-refractivity contribution >= 4 is 0 Å². The van der Waals surface area contributed by atoms with Gasteiger partial charge in [0.1, 0.15) is 0 Å². The van der Waals surface area contributed by atoms with Crippen molar-refractivity contribution in [3.8, 4) is 0 Å². The Hall–Kier alpha value is -0.0400. The first-order valence-corrected chi connectivity index (χ1v) is 4.51. The molecule has 58 valence electrons. The average Bonchev–Trinajstić information content (AvgIpc) is 2.41. The first-order chi connectivity index (χ1) is 4.76. The fraction of sp³-hybridized carbons (Fsp3) is 1.00. The van der Waals surface area contributed by atoms with Crippen LogP contribution in [0.5, 0.6) is 0 Å². The van der Waals surface area contributed by atoms with E-state index in [1.165, 1.54) is 32.1 Å². The highest BCUT2D eigenvalue weighted by atomic mass is 14.7. The maximum Gasteiger partial charge on any atom is 0.00696 e. The molecule has 2 fully saturated rings. The van der Waals surface area contributed by atoms with E-state index in [1.807, 2.05) is 0 Å². The van der Waals surface area contributed by atoms with Crippen molar-refractivity contribution in [1.82, 2.24) is 0 Å². The smallest absolute Gasteiger partial charge is 0.00696 e. The SMILES string of the molecule is CC(N)C1(C2CCC2)CC1. The van der Waals surface area contributed by atoms with E-state index in [4.69, 9.17) is 5.73 Å². The van der Waals surface area contributed by atoms with Gasteiger partial charge in [-0.15, -0.1) is 0 Å². The summed E-state index contributed by atoms with van der Waals surface area (Å²) in [5, 5.41) is 0. The molecule has 0 aliphatic heterocycles. The van der Waals surface area contributed by atoms with Gasteiger partial charge in [0.25, 0.3) is 0 Å². The zero-order chi connectivity index (χ0) is 7.19. The third kappa shape index (κ3) is 0.731. The van der Waals surface area contributed by atoms with E-state index in [9.17, 15) is 0 Å². The maximum atomic E-state index is 5.94. The van der Waals surface area contributed by atoms with Crippen LogP contribution in [0, 0.1) is 11.3 Å². The zero-order valence-electron chi connectivity index (χ0n) is 6.77. The Labute approximate surface area is 63.0 Å². The van der Waals surface area contributed by atoms with Crippen molar-refractivity contribution in [1.29, 1.82) is 0 Å². The maximum absolute atomic E-state index is 5.94. The second-order valence-corrected chi connectivity index (χ2v) is 4.15. The van der Waals surface area contributed by atoms with Gasteiger partial charge in [-0.05, 0) is 43.9 Å². The van der Waals surface area contributed by atoms with Crippen LogP contribution in [0.2, 0.25) is 0 Å². The molecule has 0 heterocycles. The van der Waals surface area contributed by atoms with E-state index in [0.29, 0.717) is 11.5 Å². The number of hydrogen-bond donors (Lipinski definition) is 1. The van der Waals surface area contributed by atoms with Gasteiger partial charge in [0.2, 0.25) is 0 Å². The topological polar surface area (TPSA) is 26.0 Å². The predicted molar refractivity (Wildman–Crippen MR) is 42.7 cm³/mol. The van der Waals surface area contributed by atoms with Gasteiger partial charge in [-0.25, -0.2) is 0 Å². The summed E-state index contributed by atoms with van der Waals surface area (Å²) in [6.45, 7) is 2.19. The van der Waals surface area contributed by atoms with Crippen molar-refractivity contribution in [3.05, 3.63) is 0 Å². The van der Waals surface area contributed by atoms with Crippen molar-refractivity contribution in [2.24, 2.45) is 17.1 Å². The lowest BCUT2D eigenvalue weighted by Crippen LogP contribution is -2.37. The second-order valence-electron chi connectivity index (χ2n) is 4.15. The van der Waals surface area contributed by atoms with Crippen LogP contribution in [0.15, 0.2) is 0 Å². The molecule has 0 aromatic rings. The molecule has 0 spiro atoms. The molecule has 0 aromatic heterocycles. The highest BCUT2D eigenvalue weighted by molar-refractivity contribution is 5.05. The zero-order valence-corrected chi connectivity index (χ0v) is 6.77. The molecule has 2 saturated carbocycles. The summed E-state index contributed by atoms with van der Waals surface area (Å²) in [7, 11) is 0. The highest BCUT2D eigenvalue weighted by Gasteiger charge is 2.53. The molecule has 0 saturated heterocycles. The van der Waals surface area contributed by atoms with Gasteiger partial charge in [-0.3, -0.25) is 0 Å². The lowest BCUT2D eigenvalue weighted by atomic mass is 9.71. The van der Waals surface area contributed by atoms with E-state index in [2.05, 4.69) is 6.92 Å². The quantitative estimate of drug-likeness (QED) is 0.621. The summed E-state index contributed by atoms with van der Waals surface area (Å²) in [5.74, 6) is 1.01. The van der Waals surface area contributed by atoms with Gasteiger partial charge >= 0.3 is 0 Å². The molecule has 2 rings (SSSR count). The lowest BCUT2D eigenvalue weighted by Gasteiger charge is -2.36. The van der Waals surface area contributed by atoms with Gasteiger partial charge in [-0.2, -0.15) is 0 Å². The van der Waals surface area contributed by atoms with E-state index >= 15 is 0 Å². The first kappa shape index (κ1) is 6.66. The van der Waals surface area contributed by atoms with Gasteiger partial charge in [0, 0.05) is 6.04 Å². The molecule has 0 radical (unpaired) electrons. The summed E-state index contributed by atoms with van der Waals surface area (Å²) in [4.78, 5) is 0. The minimum atomic E-state index is 0.456. The van der Waals surface area contributed by atoms with Gasteiger partial charge in [-0.1, -0.05) is 6.42 Å². The molecule has 1 unspecified atom stereocenters. The number of rotatable bonds is 2. The Balaban J connectivity index is 2.00.